The van der Waals surface area contributed by atoms with Gasteiger partial charge in [0.05, 0.1) is 12.5 Å². The van der Waals surface area contributed by atoms with Crippen LogP contribution in [0.2, 0.25) is 0 Å². The first-order chi connectivity index (χ1) is 12.8. The standard InChI is InChI=1S/C24H34O3/c1-16(24-13-18-8-19(14-24)10-20(9-18)15-24)27-21-7-5-6-17(11-21)12-23(2,3)22(25)26-4/h5-7,11,16,18-20H,8-10,12-15H2,1-4H3. The van der Waals surface area contributed by atoms with Crippen LogP contribution in [-0.2, 0) is 16.0 Å². The lowest BCUT2D eigenvalue weighted by Gasteiger charge is -2.58. The van der Waals surface area contributed by atoms with Gasteiger partial charge in [-0.25, -0.2) is 0 Å². The molecule has 4 aliphatic carbocycles. The number of benzene rings is 1. The molecule has 5 rings (SSSR count). The predicted octanol–water partition coefficient (Wildman–Crippen LogP) is 5.41. The highest BCUT2D eigenvalue weighted by molar-refractivity contribution is 5.76. The van der Waals surface area contributed by atoms with Gasteiger partial charge in [0.25, 0.3) is 0 Å². The molecule has 4 bridgehead atoms. The van der Waals surface area contributed by atoms with Crippen molar-refractivity contribution in [3.05, 3.63) is 29.8 Å². The molecule has 0 radical (unpaired) electrons. The molecule has 0 aromatic heterocycles. The zero-order chi connectivity index (χ0) is 19.2. The number of esters is 1. The van der Waals surface area contributed by atoms with Crippen LogP contribution < -0.4 is 4.74 Å². The highest BCUT2D eigenvalue weighted by Crippen LogP contribution is 2.61. The zero-order valence-corrected chi connectivity index (χ0v) is 17.3. The Morgan fingerprint density at radius 3 is 2.30 bits per heavy atom. The Balaban J connectivity index is 1.46. The van der Waals surface area contributed by atoms with Gasteiger partial charge in [0.15, 0.2) is 0 Å². The highest BCUT2D eigenvalue weighted by Gasteiger charge is 2.54. The molecular formula is C24H34O3. The lowest BCUT2D eigenvalue weighted by atomic mass is 9.48. The molecule has 4 fully saturated rings. The third-order valence-corrected chi connectivity index (χ3v) is 7.54. The molecule has 27 heavy (non-hydrogen) atoms. The first-order valence-electron chi connectivity index (χ1n) is 10.6. The van der Waals surface area contributed by atoms with Crippen molar-refractivity contribution >= 4 is 5.97 Å². The van der Waals surface area contributed by atoms with Gasteiger partial charge in [-0.2, -0.15) is 0 Å². The average Bonchev–Trinajstić information content (AvgIpc) is 2.59. The zero-order valence-electron chi connectivity index (χ0n) is 17.3. The number of methoxy groups -OCH3 is 1. The second kappa shape index (κ2) is 6.83. The third kappa shape index (κ3) is 3.62. The molecule has 148 valence electrons. The molecule has 1 aromatic carbocycles. The maximum absolute atomic E-state index is 12.0. The number of carbonyl (C=O) groups is 1. The van der Waals surface area contributed by atoms with E-state index in [-0.39, 0.29) is 12.1 Å². The Morgan fingerprint density at radius 2 is 1.74 bits per heavy atom. The first-order valence-corrected chi connectivity index (χ1v) is 10.6. The Kier molecular flexibility index (Phi) is 4.76. The van der Waals surface area contributed by atoms with E-state index in [9.17, 15) is 4.79 Å². The van der Waals surface area contributed by atoms with Crippen LogP contribution in [0.1, 0.15) is 64.9 Å². The van der Waals surface area contributed by atoms with Crippen molar-refractivity contribution in [1.82, 2.24) is 0 Å². The van der Waals surface area contributed by atoms with E-state index in [0.29, 0.717) is 11.8 Å². The predicted molar refractivity (Wildman–Crippen MR) is 107 cm³/mol. The van der Waals surface area contributed by atoms with Crippen LogP contribution in [0.15, 0.2) is 24.3 Å². The summed E-state index contributed by atoms with van der Waals surface area (Å²) in [6, 6.07) is 8.30. The molecule has 0 aliphatic heterocycles. The van der Waals surface area contributed by atoms with Crippen molar-refractivity contribution in [2.45, 2.75) is 71.8 Å². The summed E-state index contributed by atoms with van der Waals surface area (Å²) in [4.78, 5) is 12.0. The molecule has 1 unspecified atom stereocenters. The first kappa shape index (κ1) is 18.8. The van der Waals surface area contributed by atoms with E-state index in [1.165, 1.54) is 45.6 Å². The molecule has 4 saturated carbocycles. The number of hydrogen-bond acceptors (Lipinski definition) is 3. The van der Waals surface area contributed by atoms with Crippen molar-refractivity contribution in [3.63, 3.8) is 0 Å². The smallest absolute Gasteiger partial charge is 0.311 e. The Labute approximate surface area is 163 Å². The van der Waals surface area contributed by atoms with Gasteiger partial charge in [-0.3, -0.25) is 4.79 Å². The summed E-state index contributed by atoms with van der Waals surface area (Å²) in [6.07, 6.45) is 9.37. The summed E-state index contributed by atoms with van der Waals surface area (Å²) in [5.41, 5.74) is 0.982. The van der Waals surface area contributed by atoms with Gasteiger partial charge in [0.1, 0.15) is 11.9 Å². The number of carbonyl (C=O) groups excluding carboxylic acids is 1. The van der Waals surface area contributed by atoms with Gasteiger partial charge in [0.2, 0.25) is 0 Å². The summed E-state index contributed by atoms with van der Waals surface area (Å²) in [6.45, 7) is 6.16. The minimum atomic E-state index is -0.529. The molecule has 0 spiro atoms. The van der Waals surface area contributed by atoms with Crippen LogP contribution in [-0.4, -0.2) is 19.2 Å². The van der Waals surface area contributed by atoms with Gasteiger partial charge in [-0.15, -0.1) is 0 Å². The van der Waals surface area contributed by atoms with E-state index >= 15 is 0 Å². The molecule has 1 atom stereocenters. The van der Waals surface area contributed by atoms with Gasteiger partial charge in [-0.05, 0) is 101 Å². The SMILES string of the molecule is COC(=O)C(C)(C)Cc1cccc(OC(C)C23CC4CC(CC(C4)C2)C3)c1. The van der Waals surface area contributed by atoms with Crippen LogP contribution in [0.3, 0.4) is 0 Å². The van der Waals surface area contributed by atoms with Crippen molar-refractivity contribution in [2.24, 2.45) is 28.6 Å². The minimum absolute atomic E-state index is 0.171. The minimum Gasteiger partial charge on any atom is -0.490 e. The molecular weight excluding hydrogens is 336 g/mol. The summed E-state index contributed by atoms with van der Waals surface area (Å²) in [7, 11) is 1.46. The van der Waals surface area contributed by atoms with Gasteiger partial charge in [-0.1, -0.05) is 12.1 Å². The lowest BCUT2D eigenvalue weighted by Crippen LogP contribution is -2.52. The molecule has 4 aliphatic rings. The third-order valence-electron chi connectivity index (χ3n) is 7.54. The summed E-state index contributed by atoms with van der Waals surface area (Å²) < 4.78 is 11.5. The fraction of sp³-hybridized carbons (Fsp3) is 0.708. The molecule has 0 amide bonds. The number of rotatable bonds is 6. The molecule has 0 saturated heterocycles. The van der Waals surface area contributed by atoms with Gasteiger partial charge in [0, 0.05) is 5.41 Å². The van der Waals surface area contributed by atoms with Crippen molar-refractivity contribution in [1.29, 1.82) is 0 Å². The van der Waals surface area contributed by atoms with Crippen LogP contribution in [0.4, 0.5) is 0 Å². The van der Waals surface area contributed by atoms with E-state index in [2.05, 4.69) is 25.1 Å². The van der Waals surface area contributed by atoms with Crippen LogP contribution in [0.25, 0.3) is 0 Å². The lowest BCUT2D eigenvalue weighted by molar-refractivity contribution is -0.150. The van der Waals surface area contributed by atoms with Gasteiger partial charge >= 0.3 is 5.97 Å². The number of hydrogen-bond donors (Lipinski definition) is 0. The quantitative estimate of drug-likeness (QED) is 0.628. The Hall–Kier alpha value is -1.51. The van der Waals surface area contributed by atoms with E-state index in [4.69, 9.17) is 9.47 Å². The maximum atomic E-state index is 12.0. The molecule has 0 N–H and O–H groups in total. The fourth-order valence-electron chi connectivity index (χ4n) is 6.59. The summed E-state index contributed by atoms with van der Waals surface area (Å²) >= 11 is 0. The Morgan fingerprint density at radius 1 is 1.15 bits per heavy atom. The maximum Gasteiger partial charge on any atom is 0.311 e. The second-order valence-electron chi connectivity index (χ2n) is 10.2. The molecule has 1 aromatic rings. The van der Waals surface area contributed by atoms with E-state index in [0.717, 1.165) is 29.1 Å². The highest BCUT2D eigenvalue weighted by atomic mass is 16.5. The molecule has 3 heteroatoms. The topological polar surface area (TPSA) is 35.5 Å². The van der Waals surface area contributed by atoms with Crippen molar-refractivity contribution < 1.29 is 14.3 Å². The monoisotopic (exact) mass is 370 g/mol. The molecule has 0 heterocycles. The van der Waals surface area contributed by atoms with Crippen LogP contribution >= 0.6 is 0 Å². The van der Waals surface area contributed by atoms with E-state index in [1.807, 2.05) is 19.9 Å². The largest absolute Gasteiger partial charge is 0.490 e. The normalized spacial score (nSPS) is 33.0. The van der Waals surface area contributed by atoms with Crippen LogP contribution in [0.5, 0.6) is 5.75 Å². The van der Waals surface area contributed by atoms with Crippen molar-refractivity contribution in [2.75, 3.05) is 7.11 Å². The number of ether oxygens (including phenoxy) is 2. The summed E-state index contributed by atoms with van der Waals surface area (Å²) in [5, 5.41) is 0. The van der Waals surface area contributed by atoms with E-state index < -0.39 is 5.41 Å². The fourth-order valence-corrected chi connectivity index (χ4v) is 6.59. The van der Waals surface area contributed by atoms with Gasteiger partial charge < -0.3 is 9.47 Å². The Bertz CT molecular complexity index is 670. The van der Waals surface area contributed by atoms with E-state index in [1.54, 1.807) is 0 Å². The second-order valence-corrected chi connectivity index (χ2v) is 10.2. The van der Waals surface area contributed by atoms with Crippen molar-refractivity contribution in [3.8, 4) is 5.75 Å². The summed E-state index contributed by atoms with van der Waals surface area (Å²) in [5.74, 6) is 3.59. The van der Waals surface area contributed by atoms with Crippen LogP contribution in [0, 0.1) is 28.6 Å². The average molecular weight is 371 g/mol. The molecule has 3 nitrogen and oxygen atoms in total.